The molecule has 2 heterocycles. The third kappa shape index (κ3) is 5.75. The fourth-order valence-electron chi connectivity index (χ4n) is 4.13. The van der Waals surface area contributed by atoms with Crippen molar-refractivity contribution in [1.82, 2.24) is 10.2 Å². The molecule has 1 unspecified atom stereocenters. The topological polar surface area (TPSA) is 79.6 Å². The monoisotopic (exact) mass is 530 g/mol. The fourth-order valence-corrected chi connectivity index (χ4v) is 5.57. The number of sulfone groups is 1. The Kier molecular flexibility index (Phi) is 7.67. The standard InChI is InChI=1S/C25H27BrN2O4S/c26-20-10-12-21(13-11-20)33(30,31)24-15-14-23(32-24)25(29)27-18-22(19-8-4-3-5-9-19)28-16-6-1-2-7-17-28/h3-5,8-15,22H,1-2,6-7,16-18H2,(H,27,29). The molecular formula is C25H27BrN2O4S. The van der Waals surface area contributed by atoms with Crippen molar-refractivity contribution in [3.8, 4) is 0 Å². The largest absolute Gasteiger partial charge is 0.439 e. The van der Waals surface area contributed by atoms with Gasteiger partial charge in [-0.25, -0.2) is 8.42 Å². The Morgan fingerprint density at radius 2 is 1.61 bits per heavy atom. The van der Waals surface area contributed by atoms with Gasteiger partial charge in [0.05, 0.1) is 10.9 Å². The molecular weight excluding hydrogens is 504 g/mol. The van der Waals surface area contributed by atoms with E-state index in [1.807, 2.05) is 18.2 Å². The molecule has 1 aliphatic rings. The normalized spacial score (nSPS) is 16.2. The number of hydrogen-bond acceptors (Lipinski definition) is 5. The van der Waals surface area contributed by atoms with Crippen LogP contribution < -0.4 is 5.32 Å². The van der Waals surface area contributed by atoms with E-state index in [2.05, 4.69) is 38.3 Å². The van der Waals surface area contributed by atoms with Gasteiger partial charge in [0.1, 0.15) is 0 Å². The fraction of sp³-hybridized carbons (Fsp3) is 0.320. The zero-order valence-electron chi connectivity index (χ0n) is 18.2. The van der Waals surface area contributed by atoms with Crippen molar-refractivity contribution in [2.75, 3.05) is 19.6 Å². The summed E-state index contributed by atoms with van der Waals surface area (Å²) in [6.45, 7) is 2.40. The second-order valence-electron chi connectivity index (χ2n) is 8.16. The van der Waals surface area contributed by atoms with Crippen molar-refractivity contribution in [3.63, 3.8) is 0 Å². The summed E-state index contributed by atoms with van der Waals surface area (Å²) in [6, 6.07) is 19.2. The molecule has 1 aromatic heterocycles. The number of carbonyl (C=O) groups excluding carboxylic acids is 1. The lowest BCUT2D eigenvalue weighted by Gasteiger charge is -2.31. The Bertz CT molecular complexity index is 1170. The summed E-state index contributed by atoms with van der Waals surface area (Å²) in [5, 5.41) is 2.70. The first-order chi connectivity index (χ1) is 15.9. The second kappa shape index (κ2) is 10.7. The smallest absolute Gasteiger partial charge is 0.287 e. The third-order valence-electron chi connectivity index (χ3n) is 5.92. The number of nitrogens with one attached hydrogen (secondary N) is 1. The van der Waals surface area contributed by atoms with E-state index in [0.29, 0.717) is 6.54 Å². The van der Waals surface area contributed by atoms with Crippen LogP contribution in [0.2, 0.25) is 0 Å². The van der Waals surface area contributed by atoms with E-state index in [0.717, 1.165) is 36.0 Å². The summed E-state index contributed by atoms with van der Waals surface area (Å²) in [5.41, 5.74) is 1.15. The van der Waals surface area contributed by atoms with Crippen molar-refractivity contribution in [1.29, 1.82) is 0 Å². The lowest BCUT2D eigenvalue weighted by molar-refractivity contribution is 0.0900. The summed E-state index contributed by atoms with van der Waals surface area (Å²) >= 11 is 3.30. The lowest BCUT2D eigenvalue weighted by atomic mass is 10.0. The molecule has 4 rings (SSSR count). The zero-order valence-corrected chi connectivity index (χ0v) is 20.6. The van der Waals surface area contributed by atoms with Crippen LogP contribution in [0.25, 0.3) is 0 Å². The molecule has 1 aliphatic heterocycles. The molecule has 1 saturated heterocycles. The van der Waals surface area contributed by atoms with Gasteiger partial charge in [-0.05, 0) is 67.9 Å². The average molecular weight is 531 g/mol. The van der Waals surface area contributed by atoms with E-state index < -0.39 is 15.7 Å². The van der Waals surface area contributed by atoms with Gasteiger partial charge in [-0.15, -0.1) is 0 Å². The first-order valence-electron chi connectivity index (χ1n) is 11.1. The van der Waals surface area contributed by atoms with Crippen LogP contribution in [0, 0.1) is 0 Å². The van der Waals surface area contributed by atoms with Crippen LogP contribution in [0.15, 0.2) is 85.6 Å². The highest BCUT2D eigenvalue weighted by Gasteiger charge is 2.25. The molecule has 3 aromatic rings. The maximum absolute atomic E-state index is 12.8. The minimum Gasteiger partial charge on any atom is -0.439 e. The first-order valence-corrected chi connectivity index (χ1v) is 13.4. The number of carbonyl (C=O) groups is 1. The minimum atomic E-state index is -3.84. The Balaban J connectivity index is 1.48. The van der Waals surface area contributed by atoms with Crippen LogP contribution in [0.1, 0.15) is 47.8 Å². The molecule has 6 nitrogen and oxygen atoms in total. The number of likely N-dealkylation sites (tertiary alicyclic amines) is 1. The summed E-state index contributed by atoms with van der Waals surface area (Å²) in [6.07, 6.45) is 4.75. The third-order valence-corrected chi connectivity index (χ3v) is 8.09. The Morgan fingerprint density at radius 3 is 2.27 bits per heavy atom. The summed E-state index contributed by atoms with van der Waals surface area (Å²) in [5.74, 6) is -0.448. The molecule has 33 heavy (non-hydrogen) atoms. The summed E-state index contributed by atoms with van der Waals surface area (Å²) in [4.78, 5) is 15.4. The maximum Gasteiger partial charge on any atom is 0.287 e. The predicted molar refractivity (Wildman–Crippen MR) is 130 cm³/mol. The lowest BCUT2D eigenvalue weighted by Crippen LogP contribution is -2.38. The van der Waals surface area contributed by atoms with Gasteiger partial charge < -0.3 is 9.73 Å². The highest BCUT2D eigenvalue weighted by atomic mass is 79.9. The second-order valence-corrected chi connectivity index (χ2v) is 11.0. The number of hydrogen-bond donors (Lipinski definition) is 1. The van der Waals surface area contributed by atoms with Crippen LogP contribution in [0.3, 0.4) is 0 Å². The Hall–Kier alpha value is -2.42. The van der Waals surface area contributed by atoms with Crippen molar-refractivity contribution in [3.05, 3.63) is 82.5 Å². The summed E-state index contributed by atoms with van der Waals surface area (Å²) < 4.78 is 31.9. The first kappa shape index (κ1) is 23.7. The quantitative estimate of drug-likeness (QED) is 0.452. The maximum atomic E-state index is 12.8. The molecule has 0 saturated carbocycles. The molecule has 0 bridgehead atoms. The molecule has 0 radical (unpaired) electrons. The van der Waals surface area contributed by atoms with Gasteiger partial charge in [-0.2, -0.15) is 0 Å². The van der Waals surface area contributed by atoms with E-state index in [1.165, 1.54) is 37.1 Å². The van der Waals surface area contributed by atoms with Crippen LogP contribution in [-0.4, -0.2) is 38.9 Å². The highest BCUT2D eigenvalue weighted by Crippen LogP contribution is 2.26. The molecule has 0 spiro atoms. The molecule has 174 valence electrons. The minimum absolute atomic E-state index is 0.0200. The number of benzene rings is 2. The van der Waals surface area contributed by atoms with Crippen molar-refractivity contribution >= 4 is 31.7 Å². The molecule has 0 aliphatic carbocycles. The predicted octanol–water partition coefficient (Wildman–Crippen LogP) is 5.22. The Labute approximate surface area is 203 Å². The molecule has 1 atom stereocenters. The molecule has 8 heteroatoms. The molecule has 1 N–H and O–H groups in total. The number of rotatable bonds is 7. The zero-order chi connectivity index (χ0) is 23.3. The average Bonchev–Trinajstić information content (AvgIpc) is 3.19. The van der Waals surface area contributed by atoms with Gasteiger partial charge in [-0.1, -0.05) is 59.1 Å². The summed E-state index contributed by atoms with van der Waals surface area (Å²) in [7, 11) is -3.84. The van der Waals surface area contributed by atoms with E-state index in [9.17, 15) is 13.2 Å². The van der Waals surface area contributed by atoms with Crippen LogP contribution >= 0.6 is 15.9 Å². The Morgan fingerprint density at radius 1 is 0.939 bits per heavy atom. The van der Waals surface area contributed by atoms with E-state index in [1.54, 1.807) is 12.1 Å². The van der Waals surface area contributed by atoms with E-state index in [4.69, 9.17) is 4.42 Å². The van der Waals surface area contributed by atoms with Gasteiger partial charge in [0, 0.05) is 11.0 Å². The number of halogens is 1. The van der Waals surface area contributed by atoms with E-state index >= 15 is 0 Å². The van der Waals surface area contributed by atoms with Crippen molar-refractivity contribution < 1.29 is 17.6 Å². The van der Waals surface area contributed by atoms with Crippen molar-refractivity contribution in [2.24, 2.45) is 0 Å². The van der Waals surface area contributed by atoms with Gasteiger partial charge in [0.15, 0.2) is 5.76 Å². The van der Waals surface area contributed by atoms with Gasteiger partial charge >= 0.3 is 0 Å². The molecule has 1 amide bonds. The van der Waals surface area contributed by atoms with Crippen molar-refractivity contribution in [2.45, 2.75) is 41.7 Å². The van der Waals surface area contributed by atoms with E-state index in [-0.39, 0.29) is 21.8 Å². The van der Waals surface area contributed by atoms with Gasteiger partial charge in [0.2, 0.25) is 14.9 Å². The SMILES string of the molecule is O=C(NCC(c1ccccc1)N1CCCCCC1)c1ccc(S(=O)(=O)c2ccc(Br)cc2)o1. The highest BCUT2D eigenvalue weighted by molar-refractivity contribution is 9.10. The van der Waals surface area contributed by atoms with Crippen LogP contribution in [0.4, 0.5) is 0 Å². The number of furan rings is 1. The van der Waals surface area contributed by atoms with Gasteiger partial charge in [0.25, 0.3) is 5.91 Å². The number of nitrogens with zero attached hydrogens (tertiary/aromatic N) is 1. The number of amides is 1. The van der Waals surface area contributed by atoms with Crippen LogP contribution in [0.5, 0.6) is 0 Å². The molecule has 1 fully saturated rings. The molecule has 2 aromatic carbocycles. The van der Waals surface area contributed by atoms with Crippen LogP contribution in [-0.2, 0) is 9.84 Å². The van der Waals surface area contributed by atoms with Gasteiger partial charge in [-0.3, -0.25) is 9.69 Å².